The minimum Gasteiger partial charge on any atom is -0.488 e. The fourth-order valence-electron chi connectivity index (χ4n) is 3.25. The first-order chi connectivity index (χ1) is 12.2. The molecule has 1 aromatic rings. The molecular formula is C18H26N4O3. The van der Waals surface area contributed by atoms with Crippen LogP contribution in [0.15, 0.2) is 24.3 Å². The Balaban J connectivity index is 1.37. The van der Waals surface area contributed by atoms with Gasteiger partial charge < -0.3 is 20.3 Å². The monoisotopic (exact) mass is 346 g/mol. The summed E-state index contributed by atoms with van der Waals surface area (Å²) in [5.74, 6) is 0.957. The Morgan fingerprint density at radius 2 is 1.92 bits per heavy atom. The first-order valence-corrected chi connectivity index (χ1v) is 8.92. The lowest BCUT2D eigenvalue weighted by atomic mass is 10.1. The number of para-hydroxylation sites is 1. The number of fused-ring (bicyclic) bond motifs is 1. The molecule has 0 aromatic heterocycles. The summed E-state index contributed by atoms with van der Waals surface area (Å²) < 4.78 is 5.84. The first kappa shape index (κ1) is 17.5. The Hall–Kier alpha value is -2.28. The van der Waals surface area contributed by atoms with Gasteiger partial charge in [-0.2, -0.15) is 0 Å². The van der Waals surface area contributed by atoms with Crippen molar-refractivity contribution in [2.24, 2.45) is 0 Å². The molecule has 7 nitrogen and oxygen atoms in total. The SMILES string of the molecule is CCNC(=O)CN1CCN(C(=O)NCC2Cc3ccccc3O2)CC1. The van der Waals surface area contributed by atoms with Crippen molar-refractivity contribution in [3.8, 4) is 5.75 Å². The zero-order chi connectivity index (χ0) is 17.6. The van der Waals surface area contributed by atoms with Crippen LogP contribution >= 0.6 is 0 Å². The average Bonchev–Trinajstić information content (AvgIpc) is 3.03. The number of likely N-dealkylation sites (N-methyl/N-ethyl adjacent to an activating group) is 1. The summed E-state index contributed by atoms with van der Waals surface area (Å²) in [5, 5.41) is 5.77. The lowest BCUT2D eigenvalue weighted by Crippen LogP contribution is -2.54. The Kier molecular flexibility index (Phi) is 5.75. The molecule has 1 aromatic carbocycles. The Morgan fingerprint density at radius 3 is 2.64 bits per heavy atom. The molecule has 136 valence electrons. The maximum Gasteiger partial charge on any atom is 0.317 e. The molecule has 0 saturated carbocycles. The number of amides is 3. The van der Waals surface area contributed by atoms with Gasteiger partial charge in [0.15, 0.2) is 0 Å². The van der Waals surface area contributed by atoms with Crippen molar-refractivity contribution in [2.45, 2.75) is 19.4 Å². The lowest BCUT2D eigenvalue weighted by Gasteiger charge is -2.34. The number of carbonyl (C=O) groups is 2. The van der Waals surface area contributed by atoms with Gasteiger partial charge in [-0.3, -0.25) is 9.69 Å². The van der Waals surface area contributed by atoms with Crippen molar-refractivity contribution in [3.63, 3.8) is 0 Å². The van der Waals surface area contributed by atoms with E-state index in [4.69, 9.17) is 4.74 Å². The van der Waals surface area contributed by atoms with Gasteiger partial charge in [0.1, 0.15) is 11.9 Å². The van der Waals surface area contributed by atoms with Crippen molar-refractivity contribution in [3.05, 3.63) is 29.8 Å². The van der Waals surface area contributed by atoms with E-state index < -0.39 is 0 Å². The quantitative estimate of drug-likeness (QED) is 0.812. The van der Waals surface area contributed by atoms with Crippen molar-refractivity contribution in [1.29, 1.82) is 0 Å². The molecule has 2 N–H and O–H groups in total. The number of rotatable bonds is 5. The second kappa shape index (κ2) is 8.20. The van der Waals surface area contributed by atoms with Crippen molar-refractivity contribution in [2.75, 3.05) is 45.8 Å². The molecule has 0 bridgehead atoms. The van der Waals surface area contributed by atoms with E-state index in [0.29, 0.717) is 32.7 Å². The minimum atomic E-state index is -0.0581. The number of carbonyl (C=O) groups excluding carboxylic acids is 2. The van der Waals surface area contributed by atoms with E-state index in [1.54, 1.807) is 4.90 Å². The van der Waals surface area contributed by atoms with Crippen LogP contribution in [0.1, 0.15) is 12.5 Å². The minimum absolute atomic E-state index is 0.000351. The Morgan fingerprint density at radius 1 is 1.16 bits per heavy atom. The summed E-state index contributed by atoms with van der Waals surface area (Å²) >= 11 is 0. The fourth-order valence-corrected chi connectivity index (χ4v) is 3.25. The zero-order valence-corrected chi connectivity index (χ0v) is 14.7. The molecule has 2 aliphatic heterocycles. The maximum atomic E-state index is 12.3. The fraction of sp³-hybridized carbons (Fsp3) is 0.556. The van der Waals surface area contributed by atoms with Gasteiger partial charge in [0.25, 0.3) is 0 Å². The summed E-state index contributed by atoms with van der Waals surface area (Å²) in [4.78, 5) is 27.8. The second-order valence-electron chi connectivity index (χ2n) is 6.45. The number of piperazine rings is 1. The highest BCUT2D eigenvalue weighted by molar-refractivity contribution is 5.78. The van der Waals surface area contributed by atoms with E-state index in [1.807, 2.05) is 25.1 Å². The van der Waals surface area contributed by atoms with Crippen molar-refractivity contribution >= 4 is 11.9 Å². The van der Waals surface area contributed by atoms with Crippen LogP contribution in [0, 0.1) is 0 Å². The lowest BCUT2D eigenvalue weighted by molar-refractivity contribution is -0.122. The predicted octanol–water partition coefficient (Wildman–Crippen LogP) is 0.453. The summed E-state index contributed by atoms with van der Waals surface area (Å²) in [5.41, 5.74) is 1.20. The van der Waals surface area contributed by atoms with Gasteiger partial charge in [-0.1, -0.05) is 18.2 Å². The summed E-state index contributed by atoms with van der Waals surface area (Å²) in [6.07, 6.45) is 0.830. The molecule has 0 radical (unpaired) electrons. The highest BCUT2D eigenvalue weighted by Crippen LogP contribution is 2.27. The molecule has 1 saturated heterocycles. The smallest absolute Gasteiger partial charge is 0.317 e. The second-order valence-corrected chi connectivity index (χ2v) is 6.45. The molecule has 3 rings (SSSR count). The first-order valence-electron chi connectivity index (χ1n) is 8.92. The van der Waals surface area contributed by atoms with E-state index >= 15 is 0 Å². The summed E-state index contributed by atoms with van der Waals surface area (Å²) in [6, 6.07) is 7.93. The Labute approximate surface area is 148 Å². The van der Waals surface area contributed by atoms with Crippen molar-refractivity contribution in [1.82, 2.24) is 20.4 Å². The number of nitrogens with zero attached hydrogens (tertiary/aromatic N) is 2. The summed E-state index contributed by atoms with van der Waals surface area (Å²) in [7, 11) is 0. The molecule has 0 spiro atoms. The molecule has 0 aliphatic carbocycles. The average molecular weight is 346 g/mol. The van der Waals surface area contributed by atoms with Crippen LogP contribution in [0.3, 0.4) is 0 Å². The largest absolute Gasteiger partial charge is 0.488 e. The number of hydrogen-bond acceptors (Lipinski definition) is 4. The van der Waals surface area contributed by atoms with E-state index in [0.717, 1.165) is 25.3 Å². The number of hydrogen-bond donors (Lipinski definition) is 2. The third-order valence-electron chi connectivity index (χ3n) is 4.60. The highest BCUT2D eigenvalue weighted by Gasteiger charge is 2.25. The van der Waals surface area contributed by atoms with Gasteiger partial charge >= 0.3 is 6.03 Å². The van der Waals surface area contributed by atoms with Crippen LogP contribution in [-0.2, 0) is 11.2 Å². The van der Waals surface area contributed by atoms with Gasteiger partial charge in [0.05, 0.1) is 13.1 Å². The molecule has 3 amide bonds. The Bertz CT molecular complexity index is 589. The van der Waals surface area contributed by atoms with E-state index in [1.165, 1.54) is 5.56 Å². The zero-order valence-electron chi connectivity index (χ0n) is 14.7. The molecular weight excluding hydrogens is 320 g/mol. The van der Waals surface area contributed by atoms with Gasteiger partial charge in [0, 0.05) is 39.1 Å². The standard InChI is InChI=1S/C18H26N4O3/c1-2-19-17(23)13-21-7-9-22(10-8-21)18(24)20-12-15-11-14-5-3-4-6-16(14)25-15/h3-6,15H,2,7-13H2,1H3,(H,19,23)(H,20,24). The number of urea groups is 1. The highest BCUT2D eigenvalue weighted by atomic mass is 16.5. The van der Waals surface area contributed by atoms with Gasteiger partial charge in [-0.15, -0.1) is 0 Å². The van der Waals surface area contributed by atoms with E-state index in [9.17, 15) is 9.59 Å². The maximum absolute atomic E-state index is 12.3. The molecule has 1 atom stereocenters. The van der Waals surface area contributed by atoms with Gasteiger partial charge in [-0.25, -0.2) is 4.79 Å². The normalized spacial score (nSPS) is 19.9. The van der Waals surface area contributed by atoms with Crippen LogP contribution in [0.5, 0.6) is 5.75 Å². The topological polar surface area (TPSA) is 73.9 Å². The van der Waals surface area contributed by atoms with E-state index in [2.05, 4.69) is 21.6 Å². The van der Waals surface area contributed by atoms with Crippen LogP contribution in [0.4, 0.5) is 4.79 Å². The molecule has 7 heteroatoms. The molecule has 1 unspecified atom stereocenters. The number of nitrogens with one attached hydrogen (secondary N) is 2. The van der Waals surface area contributed by atoms with Crippen LogP contribution < -0.4 is 15.4 Å². The molecule has 2 aliphatic rings. The third-order valence-corrected chi connectivity index (χ3v) is 4.60. The summed E-state index contributed by atoms with van der Waals surface area (Å²) in [6.45, 7) is 6.17. The van der Waals surface area contributed by atoms with Crippen LogP contribution in [-0.4, -0.2) is 73.7 Å². The van der Waals surface area contributed by atoms with Gasteiger partial charge in [0.2, 0.25) is 5.91 Å². The third kappa shape index (κ3) is 4.63. The molecule has 2 heterocycles. The van der Waals surface area contributed by atoms with Crippen LogP contribution in [0.2, 0.25) is 0 Å². The van der Waals surface area contributed by atoms with E-state index in [-0.39, 0.29) is 18.0 Å². The van der Waals surface area contributed by atoms with Crippen molar-refractivity contribution < 1.29 is 14.3 Å². The van der Waals surface area contributed by atoms with Gasteiger partial charge in [-0.05, 0) is 18.6 Å². The molecule has 25 heavy (non-hydrogen) atoms. The number of benzene rings is 1. The predicted molar refractivity (Wildman–Crippen MR) is 94.7 cm³/mol. The van der Waals surface area contributed by atoms with Crippen LogP contribution in [0.25, 0.3) is 0 Å². The number of ether oxygens (including phenoxy) is 1. The molecule has 1 fully saturated rings.